The van der Waals surface area contributed by atoms with E-state index in [4.69, 9.17) is 0 Å². The fraction of sp³-hybridized carbons (Fsp3) is 0.300. The van der Waals surface area contributed by atoms with Gasteiger partial charge >= 0.3 is 0 Å². The Kier molecular flexibility index (Phi) is 3.81. The summed E-state index contributed by atoms with van der Waals surface area (Å²) < 4.78 is 1.91. The number of hydrogen-bond acceptors (Lipinski definition) is 2. The summed E-state index contributed by atoms with van der Waals surface area (Å²) in [7, 11) is 0. The van der Waals surface area contributed by atoms with Crippen LogP contribution in [0.1, 0.15) is 35.2 Å². The lowest BCUT2D eigenvalue weighted by molar-refractivity contribution is 0.0724. The Morgan fingerprint density at radius 2 is 1.88 bits per heavy atom. The second-order valence-corrected chi connectivity index (χ2v) is 6.52. The van der Waals surface area contributed by atoms with Gasteiger partial charge in [-0.2, -0.15) is 5.10 Å². The minimum atomic E-state index is 0.133. The highest BCUT2D eigenvalue weighted by molar-refractivity contribution is 5.98. The number of benzene rings is 2. The summed E-state index contributed by atoms with van der Waals surface area (Å²) >= 11 is 0. The minimum absolute atomic E-state index is 0.133. The monoisotopic (exact) mass is 319 g/mol. The molecule has 1 aliphatic heterocycles. The Morgan fingerprint density at radius 1 is 1.04 bits per heavy atom. The predicted octanol–water partition coefficient (Wildman–Crippen LogP) is 3.96. The van der Waals surface area contributed by atoms with Crippen LogP contribution in [0.5, 0.6) is 0 Å². The summed E-state index contributed by atoms with van der Waals surface area (Å²) in [6, 6.07) is 14.1. The van der Waals surface area contributed by atoms with Crippen molar-refractivity contribution in [3.8, 4) is 5.69 Å². The summed E-state index contributed by atoms with van der Waals surface area (Å²) in [6.45, 7) is 3.81. The number of hydrogen-bond donors (Lipinski definition) is 0. The quantitative estimate of drug-likeness (QED) is 0.717. The van der Waals surface area contributed by atoms with E-state index < -0.39 is 0 Å². The van der Waals surface area contributed by atoms with Crippen LogP contribution in [0.2, 0.25) is 0 Å². The second kappa shape index (κ2) is 6.11. The maximum absolute atomic E-state index is 12.8. The third kappa shape index (κ3) is 2.68. The van der Waals surface area contributed by atoms with Crippen LogP contribution in [0, 0.1) is 6.92 Å². The second-order valence-electron chi connectivity index (χ2n) is 6.52. The number of aromatic nitrogens is 2. The van der Waals surface area contributed by atoms with Crippen LogP contribution in [0.25, 0.3) is 16.6 Å². The molecular formula is C20H21N3O. The molecule has 0 atom stereocenters. The molecule has 4 nitrogen and oxygen atoms in total. The van der Waals surface area contributed by atoms with Gasteiger partial charge in [-0.25, -0.2) is 4.68 Å². The number of carbonyl (C=O) groups excluding carboxylic acids is 1. The fourth-order valence-corrected chi connectivity index (χ4v) is 3.40. The lowest BCUT2D eigenvalue weighted by Crippen LogP contribution is -2.35. The third-order valence-corrected chi connectivity index (χ3v) is 4.71. The Labute approximate surface area is 141 Å². The zero-order valence-electron chi connectivity index (χ0n) is 13.9. The van der Waals surface area contributed by atoms with Crippen LogP contribution in [-0.4, -0.2) is 33.7 Å². The first kappa shape index (κ1) is 14.9. The van der Waals surface area contributed by atoms with Crippen LogP contribution in [0.4, 0.5) is 0 Å². The van der Waals surface area contributed by atoms with E-state index in [9.17, 15) is 4.79 Å². The molecule has 0 saturated carbocycles. The molecule has 0 radical (unpaired) electrons. The van der Waals surface area contributed by atoms with Crippen molar-refractivity contribution < 1.29 is 4.79 Å². The van der Waals surface area contributed by atoms with Crippen LogP contribution in [0.3, 0.4) is 0 Å². The zero-order valence-corrected chi connectivity index (χ0v) is 13.9. The average Bonchev–Trinajstić information content (AvgIpc) is 3.05. The van der Waals surface area contributed by atoms with Gasteiger partial charge in [-0.3, -0.25) is 4.79 Å². The molecule has 1 fully saturated rings. The van der Waals surface area contributed by atoms with Gasteiger partial charge in [0.2, 0.25) is 0 Å². The molecule has 0 aliphatic carbocycles. The molecule has 1 aliphatic rings. The van der Waals surface area contributed by atoms with E-state index in [2.05, 4.69) is 24.2 Å². The summed E-state index contributed by atoms with van der Waals surface area (Å²) in [5.74, 6) is 0.133. The molecule has 1 saturated heterocycles. The Hall–Kier alpha value is -2.62. The number of carbonyl (C=O) groups is 1. The van der Waals surface area contributed by atoms with Crippen molar-refractivity contribution in [1.29, 1.82) is 0 Å². The molecule has 1 aromatic heterocycles. The van der Waals surface area contributed by atoms with Crippen molar-refractivity contribution in [3.05, 3.63) is 59.8 Å². The van der Waals surface area contributed by atoms with Crippen molar-refractivity contribution >= 4 is 16.8 Å². The average molecular weight is 319 g/mol. The minimum Gasteiger partial charge on any atom is -0.339 e. The highest BCUT2D eigenvalue weighted by Crippen LogP contribution is 2.22. The van der Waals surface area contributed by atoms with E-state index in [1.807, 2.05) is 46.1 Å². The number of nitrogens with zero attached hydrogens (tertiary/aromatic N) is 3. The number of amides is 1. The Morgan fingerprint density at radius 3 is 2.67 bits per heavy atom. The molecular weight excluding hydrogens is 298 g/mol. The standard InChI is InChI=1S/C20H21N3O/c1-15-6-5-7-18(12-15)23-19-13-16(8-9-17(19)14-21-23)20(24)22-10-3-2-4-11-22/h5-9,12-14H,2-4,10-11H2,1H3. The number of likely N-dealkylation sites (tertiary alicyclic amines) is 1. The van der Waals surface area contributed by atoms with E-state index >= 15 is 0 Å². The van der Waals surface area contributed by atoms with Gasteiger partial charge in [0.25, 0.3) is 5.91 Å². The number of aryl methyl sites for hydroxylation is 1. The number of rotatable bonds is 2. The topological polar surface area (TPSA) is 38.1 Å². The highest BCUT2D eigenvalue weighted by Gasteiger charge is 2.19. The Balaban J connectivity index is 1.74. The first-order valence-electron chi connectivity index (χ1n) is 8.56. The summed E-state index contributed by atoms with van der Waals surface area (Å²) in [6.07, 6.45) is 5.29. The molecule has 1 amide bonds. The van der Waals surface area contributed by atoms with Gasteiger partial charge in [0.15, 0.2) is 0 Å². The normalized spacial score (nSPS) is 15.0. The zero-order chi connectivity index (χ0) is 16.5. The van der Waals surface area contributed by atoms with Crippen LogP contribution in [0.15, 0.2) is 48.7 Å². The summed E-state index contributed by atoms with van der Waals surface area (Å²) in [5.41, 5.74) is 3.94. The molecule has 2 aromatic carbocycles. The molecule has 3 aromatic rings. The molecule has 0 N–H and O–H groups in total. The van der Waals surface area contributed by atoms with Crippen LogP contribution >= 0.6 is 0 Å². The maximum Gasteiger partial charge on any atom is 0.253 e. The van der Waals surface area contributed by atoms with Crippen LogP contribution in [-0.2, 0) is 0 Å². The maximum atomic E-state index is 12.8. The van der Waals surface area contributed by atoms with E-state index in [0.29, 0.717) is 0 Å². The first-order valence-corrected chi connectivity index (χ1v) is 8.56. The van der Waals surface area contributed by atoms with Crippen molar-refractivity contribution in [2.24, 2.45) is 0 Å². The fourth-order valence-electron chi connectivity index (χ4n) is 3.40. The van der Waals surface area contributed by atoms with Gasteiger partial charge in [0, 0.05) is 24.0 Å². The summed E-state index contributed by atoms with van der Waals surface area (Å²) in [4.78, 5) is 14.7. The molecule has 4 heteroatoms. The van der Waals surface area contributed by atoms with E-state index in [1.54, 1.807) is 0 Å². The smallest absolute Gasteiger partial charge is 0.253 e. The van der Waals surface area contributed by atoms with Gasteiger partial charge in [-0.15, -0.1) is 0 Å². The van der Waals surface area contributed by atoms with E-state index in [0.717, 1.165) is 48.1 Å². The lowest BCUT2D eigenvalue weighted by atomic mass is 10.1. The Bertz CT molecular complexity index is 891. The SMILES string of the molecule is Cc1cccc(-n2ncc3ccc(C(=O)N4CCCCC4)cc32)c1. The molecule has 0 spiro atoms. The largest absolute Gasteiger partial charge is 0.339 e. The van der Waals surface area contributed by atoms with Gasteiger partial charge in [-0.1, -0.05) is 18.2 Å². The van der Waals surface area contributed by atoms with Crippen molar-refractivity contribution in [3.63, 3.8) is 0 Å². The first-order chi connectivity index (χ1) is 11.7. The van der Waals surface area contributed by atoms with Crippen molar-refractivity contribution in [1.82, 2.24) is 14.7 Å². The molecule has 24 heavy (non-hydrogen) atoms. The van der Waals surface area contributed by atoms with Gasteiger partial charge in [-0.05, 0) is 56.0 Å². The summed E-state index contributed by atoms with van der Waals surface area (Å²) in [5, 5.41) is 5.56. The van der Waals surface area contributed by atoms with Gasteiger partial charge in [0.1, 0.15) is 0 Å². The molecule has 2 heterocycles. The van der Waals surface area contributed by atoms with E-state index in [-0.39, 0.29) is 5.91 Å². The van der Waals surface area contributed by atoms with Crippen LogP contribution < -0.4 is 0 Å². The predicted molar refractivity (Wildman–Crippen MR) is 95.6 cm³/mol. The number of fused-ring (bicyclic) bond motifs is 1. The molecule has 0 unspecified atom stereocenters. The molecule has 122 valence electrons. The lowest BCUT2D eigenvalue weighted by Gasteiger charge is -2.26. The van der Waals surface area contributed by atoms with Crippen molar-refractivity contribution in [2.75, 3.05) is 13.1 Å². The number of piperidine rings is 1. The molecule has 0 bridgehead atoms. The van der Waals surface area contributed by atoms with E-state index in [1.165, 1.54) is 12.0 Å². The third-order valence-electron chi connectivity index (χ3n) is 4.71. The molecule has 4 rings (SSSR count). The van der Waals surface area contributed by atoms with Gasteiger partial charge in [0.05, 0.1) is 17.4 Å². The van der Waals surface area contributed by atoms with Gasteiger partial charge < -0.3 is 4.90 Å². The van der Waals surface area contributed by atoms with Crippen molar-refractivity contribution in [2.45, 2.75) is 26.2 Å². The highest BCUT2D eigenvalue weighted by atomic mass is 16.2.